The van der Waals surface area contributed by atoms with Crippen LogP contribution in [0.1, 0.15) is 17.0 Å². The van der Waals surface area contributed by atoms with Crippen molar-refractivity contribution in [1.29, 1.82) is 0 Å². The first-order chi connectivity index (χ1) is 12.2. The van der Waals surface area contributed by atoms with E-state index in [9.17, 15) is 0 Å². The van der Waals surface area contributed by atoms with E-state index in [4.69, 9.17) is 0 Å². The lowest BCUT2D eigenvalue weighted by molar-refractivity contribution is 0.672. The number of hydrogen-bond acceptors (Lipinski definition) is 4. The van der Waals surface area contributed by atoms with Crippen molar-refractivity contribution in [2.75, 3.05) is 7.05 Å². The summed E-state index contributed by atoms with van der Waals surface area (Å²) in [4.78, 5) is 12.5. The first-order valence-electron chi connectivity index (χ1n) is 8.05. The Hall–Kier alpha value is -2.43. The molecule has 0 aliphatic heterocycles. The molecule has 0 unspecified atom stereocenters. The van der Waals surface area contributed by atoms with Crippen LogP contribution in [0, 0.1) is 0 Å². The summed E-state index contributed by atoms with van der Waals surface area (Å²) < 4.78 is 3.78. The van der Waals surface area contributed by atoms with Gasteiger partial charge in [-0.1, -0.05) is 24.3 Å². The fourth-order valence-corrected chi connectivity index (χ4v) is 2.40. The van der Waals surface area contributed by atoms with E-state index in [2.05, 4.69) is 55.0 Å². The van der Waals surface area contributed by atoms with Crippen LogP contribution < -0.4 is 10.6 Å². The van der Waals surface area contributed by atoms with E-state index < -0.39 is 0 Å². The zero-order valence-corrected chi connectivity index (χ0v) is 17.2. The van der Waals surface area contributed by atoms with Crippen LogP contribution in [0.5, 0.6) is 0 Å². The third kappa shape index (κ3) is 5.55. The maximum absolute atomic E-state index is 4.23. The summed E-state index contributed by atoms with van der Waals surface area (Å²) >= 11 is 0. The molecule has 1 aromatic carbocycles. The normalized spacial score (nSPS) is 11.1. The monoisotopic (exact) mass is 466 g/mol. The molecule has 0 saturated heterocycles. The molecule has 0 amide bonds. The minimum absolute atomic E-state index is 0. The molecule has 2 N–H and O–H groups in total. The number of imidazole rings is 1. The minimum Gasteiger partial charge on any atom is -0.352 e. The summed E-state index contributed by atoms with van der Waals surface area (Å²) in [6.07, 6.45) is 7.11. The van der Waals surface area contributed by atoms with Crippen LogP contribution >= 0.6 is 24.0 Å². The lowest BCUT2D eigenvalue weighted by atomic mass is 10.1. The van der Waals surface area contributed by atoms with E-state index in [1.165, 1.54) is 11.1 Å². The van der Waals surface area contributed by atoms with Crippen molar-refractivity contribution >= 4 is 29.9 Å². The quantitative estimate of drug-likeness (QED) is 0.327. The predicted molar refractivity (Wildman–Crippen MR) is 111 cm³/mol. The van der Waals surface area contributed by atoms with Crippen LogP contribution in [0.25, 0.3) is 0 Å². The molecule has 0 atom stereocenters. The summed E-state index contributed by atoms with van der Waals surface area (Å²) in [5, 5.41) is 10.6. The van der Waals surface area contributed by atoms with Crippen LogP contribution in [0.15, 0.2) is 54.3 Å². The first-order valence-corrected chi connectivity index (χ1v) is 8.05. The molecule has 0 spiro atoms. The summed E-state index contributed by atoms with van der Waals surface area (Å²) in [5.74, 6) is 1.58. The number of guanidine groups is 1. The molecule has 9 heteroatoms. The van der Waals surface area contributed by atoms with Gasteiger partial charge in [-0.05, 0) is 11.1 Å². The molecular weight excluding hydrogens is 443 g/mol. The van der Waals surface area contributed by atoms with Crippen molar-refractivity contribution in [3.8, 4) is 0 Å². The second-order valence-corrected chi connectivity index (χ2v) is 5.63. The third-order valence-electron chi connectivity index (χ3n) is 3.85. The number of aromatic nitrogens is 5. The van der Waals surface area contributed by atoms with Gasteiger partial charge in [-0.15, -0.1) is 24.0 Å². The highest BCUT2D eigenvalue weighted by atomic mass is 127. The number of hydrogen-bond donors (Lipinski definition) is 2. The SMILES string of the molecule is CN=C(NCc1ccc(Cn2ccnc2)cc1)NCc1ncnn1C.I. The lowest BCUT2D eigenvalue weighted by Crippen LogP contribution is -2.36. The van der Waals surface area contributed by atoms with E-state index in [1.54, 1.807) is 24.3 Å². The molecule has 3 rings (SSSR count). The van der Waals surface area contributed by atoms with Crippen molar-refractivity contribution in [3.05, 3.63) is 66.3 Å². The molecule has 0 saturated carbocycles. The van der Waals surface area contributed by atoms with Crippen molar-refractivity contribution in [2.45, 2.75) is 19.6 Å². The average Bonchev–Trinajstić information content (AvgIpc) is 3.28. The van der Waals surface area contributed by atoms with Crippen LogP contribution in [-0.2, 0) is 26.7 Å². The molecular formula is C17H23IN8. The van der Waals surface area contributed by atoms with Gasteiger partial charge in [0.15, 0.2) is 5.96 Å². The van der Waals surface area contributed by atoms with Gasteiger partial charge in [0.1, 0.15) is 12.2 Å². The van der Waals surface area contributed by atoms with Gasteiger partial charge in [-0.3, -0.25) is 9.67 Å². The fourth-order valence-electron chi connectivity index (χ4n) is 2.40. The summed E-state index contributed by atoms with van der Waals surface area (Å²) in [7, 11) is 3.62. The van der Waals surface area contributed by atoms with Gasteiger partial charge in [0.05, 0.1) is 12.9 Å². The van der Waals surface area contributed by atoms with Gasteiger partial charge in [0, 0.05) is 39.6 Å². The Bertz CT molecular complexity index is 808. The highest BCUT2D eigenvalue weighted by Gasteiger charge is 2.03. The number of benzene rings is 1. The van der Waals surface area contributed by atoms with Crippen molar-refractivity contribution < 1.29 is 0 Å². The van der Waals surface area contributed by atoms with Gasteiger partial charge >= 0.3 is 0 Å². The van der Waals surface area contributed by atoms with Gasteiger partial charge in [0.2, 0.25) is 0 Å². The number of rotatable bonds is 6. The van der Waals surface area contributed by atoms with E-state index >= 15 is 0 Å². The Morgan fingerprint density at radius 2 is 1.85 bits per heavy atom. The molecule has 0 fully saturated rings. The molecule has 26 heavy (non-hydrogen) atoms. The lowest BCUT2D eigenvalue weighted by Gasteiger charge is -2.12. The van der Waals surface area contributed by atoms with Gasteiger partial charge in [0.25, 0.3) is 0 Å². The Morgan fingerprint density at radius 1 is 1.12 bits per heavy atom. The number of nitrogens with zero attached hydrogens (tertiary/aromatic N) is 6. The second-order valence-electron chi connectivity index (χ2n) is 5.63. The molecule has 0 aliphatic carbocycles. The highest BCUT2D eigenvalue weighted by Crippen LogP contribution is 2.06. The predicted octanol–water partition coefficient (Wildman–Crippen LogP) is 1.54. The summed E-state index contributed by atoms with van der Waals surface area (Å²) in [6, 6.07) is 8.50. The van der Waals surface area contributed by atoms with E-state index in [1.807, 2.05) is 24.1 Å². The smallest absolute Gasteiger partial charge is 0.191 e. The second kappa shape index (κ2) is 9.90. The first kappa shape index (κ1) is 19.9. The van der Waals surface area contributed by atoms with Crippen LogP contribution in [0.2, 0.25) is 0 Å². The van der Waals surface area contributed by atoms with Gasteiger partial charge < -0.3 is 15.2 Å². The van der Waals surface area contributed by atoms with Gasteiger partial charge in [-0.25, -0.2) is 9.97 Å². The largest absolute Gasteiger partial charge is 0.352 e. The average molecular weight is 466 g/mol. The zero-order valence-electron chi connectivity index (χ0n) is 14.8. The minimum atomic E-state index is 0. The molecule has 0 aliphatic rings. The molecule has 8 nitrogen and oxygen atoms in total. The maximum atomic E-state index is 4.23. The summed E-state index contributed by atoms with van der Waals surface area (Å²) in [5.41, 5.74) is 2.43. The molecule has 0 bridgehead atoms. The zero-order chi connectivity index (χ0) is 17.5. The van der Waals surface area contributed by atoms with Crippen molar-refractivity contribution in [1.82, 2.24) is 34.9 Å². The van der Waals surface area contributed by atoms with Crippen molar-refractivity contribution in [3.63, 3.8) is 0 Å². The van der Waals surface area contributed by atoms with Crippen LogP contribution in [0.4, 0.5) is 0 Å². The molecule has 0 radical (unpaired) electrons. The number of halogens is 1. The van der Waals surface area contributed by atoms with Crippen LogP contribution in [0.3, 0.4) is 0 Å². The third-order valence-corrected chi connectivity index (χ3v) is 3.85. The van der Waals surface area contributed by atoms with E-state index in [0.717, 1.165) is 18.3 Å². The summed E-state index contributed by atoms with van der Waals surface area (Å²) in [6.45, 7) is 2.10. The van der Waals surface area contributed by atoms with E-state index in [-0.39, 0.29) is 24.0 Å². The number of nitrogens with one attached hydrogen (secondary N) is 2. The van der Waals surface area contributed by atoms with Crippen molar-refractivity contribution in [2.24, 2.45) is 12.0 Å². The molecule has 3 aromatic rings. The fraction of sp³-hybridized carbons (Fsp3) is 0.294. The highest BCUT2D eigenvalue weighted by molar-refractivity contribution is 14.0. The van der Waals surface area contributed by atoms with Crippen LogP contribution in [-0.4, -0.2) is 37.3 Å². The van der Waals surface area contributed by atoms with E-state index in [0.29, 0.717) is 13.1 Å². The molecule has 138 valence electrons. The van der Waals surface area contributed by atoms with Gasteiger partial charge in [-0.2, -0.15) is 5.10 Å². The topological polar surface area (TPSA) is 84.9 Å². The standard InChI is InChI=1S/C17H22N8.HI/c1-18-17(21-10-16-22-12-23-24(16)2)20-9-14-3-5-15(6-4-14)11-25-8-7-19-13-25;/h3-8,12-13H,9-11H2,1-2H3,(H2,18,20,21);1H. The number of aliphatic imine (C=N–C) groups is 1. The maximum Gasteiger partial charge on any atom is 0.191 e. The number of aryl methyl sites for hydroxylation is 1. The Morgan fingerprint density at radius 3 is 2.46 bits per heavy atom. The Kier molecular flexibility index (Phi) is 7.57. The Balaban J connectivity index is 0.00000243. The molecule has 2 heterocycles. The Labute approximate surface area is 169 Å². The molecule has 2 aromatic heterocycles.